The molecule has 0 spiro atoms. The summed E-state index contributed by atoms with van der Waals surface area (Å²) < 4.78 is -0.239. The SMILES string of the molecule is O[N+]1(c2ccccc2)C=NC=CC1. The maximum atomic E-state index is 10.1. The van der Waals surface area contributed by atoms with E-state index in [1.54, 1.807) is 6.20 Å². The van der Waals surface area contributed by atoms with Crippen LogP contribution < -0.4 is 4.65 Å². The molecule has 0 fully saturated rings. The smallest absolute Gasteiger partial charge is 0.209 e. The largest absolute Gasteiger partial charge is 0.228 e. The van der Waals surface area contributed by atoms with E-state index in [4.69, 9.17) is 0 Å². The molecule has 0 aliphatic carbocycles. The Bertz CT molecular complexity index is 345. The average Bonchev–Trinajstić information content (AvgIpc) is 2.20. The topological polar surface area (TPSA) is 32.6 Å². The van der Waals surface area contributed by atoms with Crippen LogP contribution in [0.4, 0.5) is 5.69 Å². The first-order valence-corrected chi connectivity index (χ1v) is 4.17. The molecule has 1 N–H and O–H groups in total. The van der Waals surface area contributed by atoms with Gasteiger partial charge >= 0.3 is 0 Å². The lowest BCUT2D eigenvalue weighted by molar-refractivity contribution is 0.00975. The highest BCUT2D eigenvalue weighted by atomic mass is 16.5. The lowest BCUT2D eigenvalue weighted by Gasteiger charge is -2.24. The van der Waals surface area contributed by atoms with Gasteiger partial charge in [0.1, 0.15) is 6.54 Å². The zero-order valence-corrected chi connectivity index (χ0v) is 7.17. The summed E-state index contributed by atoms with van der Waals surface area (Å²) in [6, 6.07) is 9.48. The predicted octanol–water partition coefficient (Wildman–Crippen LogP) is 1.94. The molecular weight excluding hydrogens is 164 g/mol. The van der Waals surface area contributed by atoms with Crippen LogP contribution in [-0.2, 0) is 0 Å². The van der Waals surface area contributed by atoms with Crippen molar-refractivity contribution in [2.45, 2.75) is 0 Å². The highest BCUT2D eigenvalue weighted by Gasteiger charge is 2.26. The van der Waals surface area contributed by atoms with Crippen LogP contribution in [0.2, 0.25) is 0 Å². The molecule has 0 radical (unpaired) electrons. The number of aliphatic imine (C=N–C) groups is 1. The molecule has 1 aliphatic rings. The Kier molecular flexibility index (Phi) is 1.96. The second-order valence-corrected chi connectivity index (χ2v) is 2.99. The molecule has 1 aliphatic heterocycles. The van der Waals surface area contributed by atoms with E-state index < -0.39 is 0 Å². The van der Waals surface area contributed by atoms with Crippen molar-refractivity contribution in [1.29, 1.82) is 0 Å². The molecule has 1 unspecified atom stereocenters. The molecule has 0 saturated heterocycles. The Morgan fingerprint density at radius 1 is 1.23 bits per heavy atom. The molecule has 0 saturated carbocycles. The van der Waals surface area contributed by atoms with E-state index in [2.05, 4.69) is 4.99 Å². The van der Waals surface area contributed by atoms with Crippen molar-refractivity contribution in [3.8, 4) is 0 Å². The van der Waals surface area contributed by atoms with Gasteiger partial charge in [-0.3, -0.25) is 0 Å². The van der Waals surface area contributed by atoms with Gasteiger partial charge in [-0.2, -0.15) is 0 Å². The van der Waals surface area contributed by atoms with Crippen molar-refractivity contribution < 1.29 is 5.21 Å². The maximum absolute atomic E-state index is 10.1. The van der Waals surface area contributed by atoms with Gasteiger partial charge in [-0.1, -0.05) is 18.2 Å². The van der Waals surface area contributed by atoms with Crippen molar-refractivity contribution in [3.63, 3.8) is 0 Å². The second kappa shape index (κ2) is 3.12. The first kappa shape index (κ1) is 8.16. The van der Waals surface area contributed by atoms with Crippen LogP contribution in [-0.4, -0.2) is 18.1 Å². The zero-order valence-electron chi connectivity index (χ0n) is 7.17. The molecule has 3 heteroatoms. The third-order valence-corrected chi connectivity index (χ3v) is 2.04. The minimum absolute atomic E-state index is 0.239. The number of benzene rings is 1. The normalized spacial score (nSPS) is 26.2. The molecule has 1 heterocycles. The van der Waals surface area contributed by atoms with Gasteiger partial charge in [0, 0.05) is 18.3 Å². The van der Waals surface area contributed by atoms with Crippen molar-refractivity contribution in [3.05, 3.63) is 42.6 Å². The Morgan fingerprint density at radius 2 is 2.00 bits per heavy atom. The summed E-state index contributed by atoms with van der Waals surface area (Å²) in [4.78, 5) is 3.92. The molecule has 0 bridgehead atoms. The fourth-order valence-electron chi connectivity index (χ4n) is 1.32. The summed E-state index contributed by atoms with van der Waals surface area (Å²) >= 11 is 0. The fraction of sp³-hybridized carbons (Fsp3) is 0.100. The molecule has 1 atom stereocenters. The van der Waals surface area contributed by atoms with Crippen LogP contribution >= 0.6 is 0 Å². The van der Waals surface area contributed by atoms with Gasteiger partial charge in [-0.25, -0.2) is 10.2 Å². The van der Waals surface area contributed by atoms with E-state index in [0.29, 0.717) is 6.54 Å². The minimum Gasteiger partial charge on any atom is -0.209 e. The average molecular weight is 175 g/mol. The van der Waals surface area contributed by atoms with Crippen LogP contribution in [0.3, 0.4) is 0 Å². The number of para-hydroxylation sites is 1. The lowest BCUT2D eigenvalue weighted by Crippen LogP contribution is -2.45. The van der Waals surface area contributed by atoms with E-state index in [-0.39, 0.29) is 4.65 Å². The van der Waals surface area contributed by atoms with Gasteiger partial charge in [0.25, 0.3) is 0 Å². The third-order valence-electron chi connectivity index (χ3n) is 2.04. The number of rotatable bonds is 1. The maximum Gasteiger partial charge on any atom is 0.228 e. The molecule has 1 aromatic carbocycles. The van der Waals surface area contributed by atoms with Gasteiger partial charge < -0.3 is 0 Å². The van der Waals surface area contributed by atoms with Crippen LogP contribution in [0.15, 0.2) is 47.6 Å². The molecule has 2 rings (SSSR count). The molecule has 13 heavy (non-hydrogen) atoms. The van der Waals surface area contributed by atoms with Crippen molar-refractivity contribution in [2.75, 3.05) is 6.54 Å². The summed E-state index contributed by atoms with van der Waals surface area (Å²) in [6.07, 6.45) is 5.05. The Balaban J connectivity index is 2.35. The van der Waals surface area contributed by atoms with Crippen molar-refractivity contribution in [1.82, 2.24) is 4.65 Å². The monoisotopic (exact) mass is 175 g/mol. The number of quaternary nitrogens is 1. The van der Waals surface area contributed by atoms with Crippen LogP contribution in [0.1, 0.15) is 0 Å². The van der Waals surface area contributed by atoms with Crippen LogP contribution in [0.5, 0.6) is 0 Å². The highest BCUT2D eigenvalue weighted by molar-refractivity contribution is 5.72. The lowest BCUT2D eigenvalue weighted by atomic mass is 10.3. The predicted molar refractivity (Wildman–Crippen MR) is 52.5 cm³/mol. The van der Waals surface area contributed by atoms with Gasteiger partial charge in [-0.05, 0) is 6.08 Å². The number of nitrogens with zero attached hydrogens (tertiary/aromatic N) is 2. The molecule has 3 nitrogen and oxygen atoms in total. The number of hydroxylamine groups is 2. The minimum atomic E-state index is -0.239. The summed E-state index contributed by atoms with van der Waals surface area (Å²) in [6.45, 7) is 0.535. The van der Waals surface area contributed by atoms with E-state index in [1.807, 2.05) is 36.4 Å². The van der Waals surface area contributed by atoms with Gasteiger partial charge in [0.15, 0.2) is 5.69 Å². The second-order valence-electron chi connectivity index (χ2n) is 2.99. The molecular formula is C10H11N2O+. The van der Waals surface area contributed by atoms with E-state index >= 15 is 0 Å². The van der Waals surface area contributed by atoms with E-state index in [9.17, 15) is 5.21 Å². The summed E-state index contributed by atoms with van der Waals surface area (Å²) in [5.41, 5.74) is 0.829. The van der Waals surface area contributed by atoms with Gasteiger partial charge in [-0.15, -0.1) is 4.65 Å². The fourth-order valence-corrected chi connectivity index (χ4v) is 1.32. The van der Waals surface area contributed by atoms with Crippen LogP contribution in [0.25, 0.3) is 0 Å². The highest BCUT2D eigenvalue weighted by Crippen LogP contribution is 2.19. The summed E-state index contributed by atoms with van der Waals surface area (Å²) in [5, 5.41) is 10.1. The molecule has 66 valence electrons. The third kappa shape index (κ3) is 1.52. The van der Waals surface area contributed by atoms with Gasteiger partial charge in [0.2, 0.25) is 6.34 Å². The standard InChI is InChI=1S/C10H11N2O/c13-12(8-4-7-11-9-12)10-5-2-1-3-6-10/h1-7,9,13H,8H2/q+1. The van der Waals surface area contributed by atoms with Crippen molar-refractivity contribution >= 4 is 12.0 Å². The Hall–Kier alpha value is -1.45. The number of hydrogen-bond donors (Lipinski definition) is 1. The zero-order chi connectivity index (χ0) is 9.15. The Labute approximate surface area is 76.8 Å². The molecule has 0 amide bonds. The van der Waals surface area contributed by atoms with Crippen LogP contribution in [0, 0.1) is 0 Å². The quantitative estimate of drug-likeness (QED) is 0.650. The molecule has 1 aromatic rings. The summed E-state index contributed by atoms with van der Waals surface area (Å²) in [5.74, 6) is 0. The van der Waals surface area contributed by atoms with Gasteiger partial charge in [0.05, 0.1) is 0 Å². The van der Waals surface area contributed by atoms with E-state index in [0.717, 1.165) is 5.69 Å². The first-order chi connectivity index (χ1) is 6.31. The first-order valence-electron chi connectivity index (χ1n) is 4.17. The Morgan fingerprint density at radius 3 is 2.62 bits per heavy atom. The molecule has 0 aromatic heterocycles. The number of hydrogen-bond acceptors (Lipinski definition) is 2. The summed E-state index contributed by atoms with van der Waals surface area (Å²) in [7, 11) is 0. The van der Waals surface area contributed by atoms with Crippen molar-refractivity contribution in [2.24, 2.45) is 4.99 Å². The van der Waals surface area contributed by atoms with E-state index in [1.165, 1.54) is 6.34 Å².